The Morgan fingerprint density at radius 3 is 2.47 bits per heavy atom. The van der Waals surface area contributed by atoms with Crippen molar-refractivity contribution in [3.63, 3.8) is 0 Å². The molecule has 3 heteroatoms. The van der Waals surface area contributed by atoms with Crippen LogP contribution in [-0.4, -0.2) is 38.1 Å². The summed E-state index contributed by atoms with van der Waals surface area (Å²) < 4.78 is 16.7. The van der Waals surface area contributed by atoms with Crippen LogP contribution in [0.1, 0.15) is 65.7 Å². The van der Waals surface area contributed by atoms with Crippen LogP contribution in [0.3, 0.4) is 0 Å². The minimum atomic E-state index is -0.0987. The Hall–Kier alpha value is -0.120. The van der Waals surface area contributed by atoms with Gasteiger partial charge in [-0.2, -0.15) is 0 Å². The zero-order chi connectivity index (χ0) is 14.1. The van der Waals surface area contributed by atoms with Gasteiger partial charge in [-0.25, -0.2) is 0 Å². The molecule has 1 fully saturated rings. The fourth-order valence-corrected chi connectivity index (χ4v) is 2.26. The van der Waals surface area contributed by atoms with E-state index >= 15 is 0 Å². The molecule has 0 radical (unpaired) electrons. The predicted octanol–water partition coefficient (Wildman–Crippen LogP) is 3.95. The van der Waals surface area contributed by atoms with E-state index in [0.717, 1.165) is 26.1 Å². The number of methoxy groups -OCH3 is 1. The summed E-state index contributed by atoms with van der Waals surface area (Å²) in [5, 5.41) is 0. The third-order valence-corrected chi connectivity index (χ3v) is 3.82. The highest BCUT2D eigenvalue weighted by atomic mass is 16.6. The standard InChI is InChI=1S/C16H32O3/c1-5-6-7-8-9-10-14(11-16(2,3)17-4)18-12-15-13-19-15/h14-15H,5-13H2,1-4H3. The number of unbranched alkanes of at least 4 members (excludes halogenated alkanes) is 4. The molecule has 1 heterocycles. The summed E-state index contributed by atoms with van der Waals surface area (Å²) in [5.74, 6) is 0. The monoisotopic (exact) mass is 272 g/mol. The zero-order valence-corrected chi connectivity index (χ0v) is 13.2. The third kappa shape index (κ3) is 8.61. The molecule has 2 atom stereocenters. The molecule has 0 N–H and O–H groups in total. The Labute approximate surface area is 119 Å². The van der Waals surface area contributed by atoms with Gasteiger partial charge in [-0.05, 0) is 20.3 Å². The number of rotatable bonds is 12. The lowest BCUT2D eigenvalue weighted by Gasteiger charge is -2.28. The number of hydrogen-bond donors (Lipinski definition) is 0. The summed E-state index contributed by atoms with van der Waals surface area (Å²) in [7, 11) is 1.78. The number of epoxide rings is 1. The van der Waals surface area contributed by atoms with Crippen LogP contribution in [0.25, 0.3) is 0 Å². The van der Waals surface area contributed by atoms with E-state index in [9.17, 15) is 0 Å². The largest absolute Gasteiger partial charge is 0.379 e. The molecule has 0 aromatic heterocycles. The topological polar surface area (TPSA) is 31.0 Å². The van der Waals surface area contributed by atoms with Crippen molar-refractivity contribution in [2.45, 2.75) is 83.5 Å². The molecule has 0 aromatic carbocycles. The summed E-state index contributed by atoms with van der Waals surface area (Å²) in [6, 6.07) is 0. The van der Waals surface area contributed by atoms with Crippen molar-refractivity contribution in [1.82, 2.24) is 0 Å². The van der Waals surface area contributed by atoms with Crippen molar-refractivity contribution in [2.24, 2.45) is 0 Å². The second kappa shape index (κ2) is 8.93. The molecular weight excluding hydrogens is 240 g/mol. The average molecular weight is 272 g/mol. The van der Waals surface area contributed by atoms with Crippen LogP contribution >= 0.6 is 0 Å². The molecule has 1 aliphatic rings. The van der Waals surface area contributed by atoms with E-state index in [1.54, 1.807) is 7.11 Å². The van der Waals surface area contributed by atoms with Crippen molar-refractivity contribution in [2.75, 3.05) is 20.3 Å². The van der Waals surface area contributed by atoms with Gasteiger partial charge in [0.15, 0.2) is 0 Å². The molecule has 2 unspecified atom stereocenters. The molecule has 0 spiro atoms. The highest BCUT2D eigenvalue weighted by Gasteiger charge is 2.27. The number of hydrogen-bond acceptors (Lipinski definition) is 3. The molecule has 0 aromatic rings. The predicted molar refractivity (Wildman–Crippen MR) is 78.6 cm³/mol. The van der Waals surface area contributed by atoms with Gasteiger partial charge in [0, 0.05) is 13.5 Å². The molecule has 19 heavy (non-hydrogen) atoms. The van der Waals surface area contributed by atoms with Crippen LogP contribution in [0.5, 0.6) is 0 Å². The molecule has 0 aliphatic carbocycles. The van der Waals surface area contributed by atoms with E-state index < -0.39 is 0 Å². The first-order chi connectivity index (χ1) is 9.07. The van der Waals surface area contributed by atoms with Crippen molar-refractivity contribution >= 4 is 0 Å². The second-order valence-corrected chi connectivity index (χ2v) is 6.28. The van der Waals surface area contributed by atoms with Crippen LogP contribution in [0.2, 0.25) is 0 Å². The first-order valence-electron chi connectivity index (χ1n) is 7.85. The Morgan fingerprint density at radius 1 is 1.21 bits per heavy atom. The van der Waals surface area contributed by atoms with Gasteiger partial charge in [0.25, 0.3) is 0 Å². The Morgan fingerprint density at radius 2 is 1.89 bits per heavy atom. The van der Waals surface area contributed by atoms with Crippen LogP contribution < -0.4 is 0 Å². The molecule has 1 rings (SSSR count). The van der Waals surface area contributed by atoms with Gasteiger partial charge in [-0.15, -0.1) is 0 Å². The normalized spacial score (nSPS) is 20.5. The molecule has 114 valence electrons. The van der Waals surface area contributed by atoms with Gasteiger partial charge < -0.3 is 14.2 Å². The van der Waals surface area contributed by atoms with Crippen LogP contribution in [-0.2, 0) is 14.2 Å². The fourth-order valence-electron chi connectivity index (χ4n) is 2.26. The first kappa shape index (κ1) is 16.9. The molecule has 1 aliphatic heterocycles. The van der Waals surface area contributed by atoms with Crippen LogP contribution in [0, 0.1) is 0 Å². The van der Waals surface area contributed by atoms with Crippen LogP contribution in [0.15, 0.2) is 0 Å². The number of ether oxygens (including phenoxy) is 3. The zero-order valence-electron chi connectivity index (χ0n) is 13.2. The van der Waals surface area contributed by atoms with Gasteiger partial charge in [0.1, 0.15) is 6.10 Å². The molecule has 0 bridgehead atoms. The third-order valence-electron chi connectivity index (χ3n) is 3.82. The Kier molecular flexibility index (Phi) is 7.96. The minimum Gasteiger partial charge on any atom is -0.379 e. The first-order valence-corrected chi connectivity index (χ1v) is 7.85. The summed E-state index contributed by atoms with van der Waals surface area (Å²) in [6.45, 7) is 8.14. The van der Waals surface area contributed by atoms with Gasteiger partial charge in [0.2, 0.25) is 0 Å². The van der Waals surface area contributed by atoms with E-state index in [2.05, 4.69) is 20.8 Å². The van der Waals surface area contributed by atoms with Gasteiger partial charge >= 0.3 is 0 Å². The average Bonchev–Trinajstić information content (AvgIpc) is 3.19. The molecule has 0 saturated carbocycles. The highest BCUT2D eigenvalue weighted by molar-refractivity contribution is 4.76. The summed E-state index contributed by atoms with van der Waals surface area (Å²) in [4.78, 5) is 0. The maximum Gasteiger partial charge on any atom is 0.104 e. The molecule has 0 amide bonds. The van der Waals surface area contributed by atoms with Gasteiger partial charge in [-0.1, -0.05) is 39.0 Å². The lowest BCUT2D eigenvalue weighted by molar-refractivity contribution is -0.0498. The van der Waals surface area contributed by atoms with E-state index in [-0.39, 0.29) is 5.60 Å². The Bertz CT molecular complexity index is 224. The van der Waals surface area contributed by atoms with Crippen molar-refractivity contribution in [3.8, 4) is 0 Å². The maximum atomic E-state index is 6.01. The van der Waals surface area contributed by atoms with Gasteiger partial charge in [-0.3, -0.25) is 0 Å². The van der Waals surface area contributed by atoms with Crippen molar-refractivity contribution in [3.05, 3.63) is 0 Å². The smallest absolute Gasteiger partial charge is 0.104 e. The lowest BCUT2D eigenvalue weighted by Crippen LogP contribution is -2.31. The van der Waals surface area contributed by atoms with Gasteiger partial charge in [0.05, 0.1) is 24.9 Å². The summed E-state index contributed by atoms with van der Waals surface area (Å²) in [5.41, 5.74) is -0.0987. The molecule has 3 nitrogen and oxygen atoms in total. The van der Waals surface area contributed by atoms with E-state index in [1.165, 1.54) is 32.1 Å². The van der Waals surface area contributed by atoms with Crippen molar-refractivity contribution in [1.29, 1.82) is 0 Å². The maximum absolute atomic E-state index is 6.01. The van der Waals surface area contributed by atoms with Crippen LogP contribution in [0.4, 0.5) is 0 Å². The summed E-state index contributed by atoms with van der Waals surface area (Å²) >= 11 is 0. The minimum absolute atomic E-state index is 0.0987. The Balaban J connectivity index is 2.22. The highest BCUT2D eigenvalue weighted by Crippen LogP contribution is 2.23. The molecule has 1 saturated heterocycles. The van der Waals surface area contributed by atoms with E-state index in [4.69, 9.17) is 14.2 Å². The SMILES string of the molecule is CCCCCCCC(CC(C)(C)OC)OCC1CO1. The lowest BCUT2D eigenvalue weighted by atomic mass is 9.96. The summed E-state index contributed by atoms with van der Waals surface area (Å²) in [6.07, 6.45) is 9.35. The second-order valence-electron chi connectivity index (χ2n) is 6.28. The molecular formula is C16H32O3. The van der Waals surface area contributed by atoms with E-state index in [0.29, 0.717) is 12.2 Å². The van der Waals surface area contributed by atoms with Crippen molar-refractivity contribution < 1.29 is 14.2 Å². The van der Waals surface area contributed by atoms with E-state index in [1.807, 2.05) is 0 Å². The quantitative estimate of drug-likeness (QED) is 0.398. The fraction of sp³-hybridized carbons (Fsp3) is 1.00.